The van der Waals surface area contributed by atoms with Crippen molar-refractivity contribution in [1.29, 1.82) is 0 Å². The third-order valence-corrected chi connectivity index (χ3v) is 3.76. The SMILES string of the molecule is O=C(O)CCn1c(C=Cc2ccc(O)cc2)nc2ccccc2c1=O. The van der Waals surface area contributed by atoms with E-state index < -0.39 is 5.97 Å². The minimum Gasteiger partial charge on any atom is -0.508 e. The molecule has 0 saturated carbocycles. The molecule has 6 heteroatoms. The number of carbonyl (C=O) groups is 1. The normalized spacial score (nSPS) is 11.2. The molecule has 0 spiro atoms. The summed E-state index contributed by atoms with van der Waals surface area (Å²) in [6.45, 7) is 0.0429. The number of phenolic OH excluding ortho intramolecular Hbond substituents is 1. The molecule has 0 fully saturated rings. The van der Waals surface area contributed by atoms with Gasteiger partial charge in [-0.1, -0.05) is 30.3 Å². The van der Waals surface area contributed by atoms with Gasteiger partial charge in [0.1, 0.15) is 11.6 Å². The van der Waals surface area contributed by atoms with Gasteiger partial charge in [0, 0.05) is 6.54 Å². The van der Waals surface area contributed by atoms with Crippen LogP contribution in [-0.4, -0.2) is 25.7 Å². The van der Waals surface area contributed by atoms with Gasteiger partial charge in [-0.2, -0.15) is 0 Å². The number of hydrogen-bond donors (Lipinski definition) is 2. The van der Waals surface area contributed by atoms with Crippen LogP contribution in [0.3, 0.4) is 0 Å². The summed E-state index contributed by atoms with van der Waals surface area (Å²) in [5.74, 6) is -0.425. The molecular weight excluding hydrogens is 320 g/mol. The molecule has 0 unspecified atom stereocenters. The van der Waals surface area contributed by atoms with E-state index in [1.165, 1.54) is 4.57 Å². The zero-order valence-corrected chi connectivity index (χ0v) is 13.3. The Morgan fingerprint density at radius 1 is 1.08 bits per heavy atom. The zero-order chi connectivity index (χ0) is 17.8. The molecule has 0 aliphatic rings. The maximum atomic E-state index is 12.7. The van der Waals surface area contributed by atoms with Crippen LogP contribution in [0.2, 0.25) is 0 Å². The fourth-order valence-electron chi connectivity index (χ4n) is 2.49. The van der Waals surface area contributed by atoms with Crippen molar-refractivity contribution in [1.82, 2.24) is 9.55 Å². The van der Waals surface area contributed by atoms with E-state index in [1.54, 1.807) is 60.7 Å². The van der Waals surface area contributed by atoms with Gasteiger partial charge in [-0.25, -0.2) is 4.98 Å². The van der Waals surface area contributed by atoms with Gasteiger partial charge in [-0.05, 0) is 35.9 Å². The lowest BCUT2D eigenvalue weighted by Gasteiger charge is -2.10. The van der Waals surface area contributed by atoms with Crippen LogP contribution < -0.4 is 5.56 Å². The summed E-state index contributed by atoms with van der Waals surface area (Å²) in [6, 6.07) is 13.5. The highest BCUT2D eigenvalue weighted by atomic mass is 16.4. The number of phenols is 1. The first-order valence-electron chi connectivity index (χ1n) is 7.73. The van der Waals surface area contributed by atoms with E-state index in [4.69, 9.17) is 5.11 Å². The molecule has 0 aliphatic heterocycles. The highest BCUT2D eigenvalue weighted by Crippen LogP contribution is 2.14. The van der Waals surface area contributed by atoms with Crippen LogP contribution in [0.15, 0.2) is 53.3 Å². The molecule has 0 amide bonds. The quantitative estimate of drug-likeness (QED) is 0.747. The average Bonchev–Trinajstić information content (AvgIpc) is 2.60. The van der Waals surface area contributed by atoms with E-state index in [0.717, 1.165) is 5.56 Å². The predicted octanol–water partition coefficient (Wildman–Crippen LogP) is 2.75. The van der Waals surface area contributed by atoms with Crippen molar-refractivity contribution in [2.24, 2.45) is 0 Å². The summed E-state index contributed by atoms with van der Waals surface area (Å²) < 4.78 is 1.37. The monoisotopic (exact) mass is 336 g/mol. The lowest BCUT2D eigenvalue weighted by Crippen LogP contribution is -2.25. The summed E-state index contributed by atoms with van der Waals surface area (Å²) in [7, 11) is 0. The molecule has 2 N–H and O–H groups in total. The van der Waals surface area contributed by atoms with Gasteiger partial charge in [0.15, 0.2) is 0 Å². The van der Waals surface area contributed by atoms with Gasteiger partial charge >= 0.3 is 5.97 Å². The second-order valence-corrected chi connectivity index (χ2v) is 5.51. The van der Waals surface area contributed by atoms with Crippen LogP contribution >= 0.6 is 0 Å². The Hall–Kier alpha value is -3.41. The van der Waals surface area contributed by atoms with Crippen molar-refractivity contribution >= 4 is 29.0 Å². The topological polar surface area (TPSA) is 92.4 Å². The number of fused-ring (bicyclic) bond motifs is 1. The molecule has 6 nitrogen and oxygen atoms in total. The molecule has 0 aliphatic carbocycles. The number of aromatic hydroxyl groups is 1. The van der Waals surface area contributed by atoms with E-state index in [0.29, 0.717) is 16.7 Å². The number of hydrogen-bond acceptors (Lipinski definition) is 4. The van der Waals surface area contributed by atoms with Crippen molar-refractivity contribution in [2.45, 2.75) is 13.0 Å². The van der Waals surface area contributed by atoms with Crippen molar-refractivity contribution in [3.63, 3.8) is 0 Å². The lowest BCUT2D eigenvalue weighted by atomic mass is 10.2. The van der Waals surface area contributed by atoms with E-state index in [2.05, 4.69) is 4.98 Å². The number of aliphatic carboxylic acids is 1. The van der Waals surface area contributed by atoms with Gasteiger partial charge in [-0.15, -0.1) is 0 Å². The van der Waals surface area contributed by atoms with E-state index >= 15 is 0 Å². The summed E-state index contributed by atoms with van der Waals surface area (Å²) in [6.07, 6.45) is 3.26. The first-order valence-corrected chi connectivity index (χ1v) is 7.73. The molecule has 0 radical (unpaired) electrons. The summed E-state index contributed by atoms with van der Waals surface area (Å²) >= 11 is 0. The highest BCUT2D eigenvalue weighted by molar-refractivity contribution is 5.79. The van der Waals surface area contributed by atoms with Crippen LogP contribution in [-0.2, 0) is 11.3 Å². The predicted molar refractivity (Wildman–Crippen MR) is 95.3 cm³/mol. The molecule has 0 bridgehead atoms. The molecular formula is C19H16N2O4. The molecule has 3 rings (SSSR count). The molecule has 25 heavy (non-hydrogen) atoms. The van der Waals surface area contributed by atoms with Crippen LogP contribution in [0.4, 0.5) is 0 Å². The van der Waals surface area contributed by atoms with Gasteiger partial charge in [0.25, 0.3) is 5.56 Å². The number of benzene rings is 2. The van der Waals surface area contributed by atoms with Crippen molar-refractivity contribution in [2.75, 3.05) is 0 Å². The number of carboxylic acid groups (broad SMARTS) is 1. The van der Waals surface area contributed by atoms with Crippen LogP contribution in [0.25, 0.3) is 23.1 Å². The molecule has 0 atom stereocenters. The minimum absolute atomic E-state index is 0.0429. The van der Waals surface area contributed by atoms with Gasteiger partial charge in [-0.3, -0.25) is 14.2 Å². The maximum Gasteiger partial charge on any atom is 0.305 e. The van der Waals surface area contributed by atoms with E-state index in [-0.39, 0.29) is 24.3 Å². The van der Waals surface area contributed by atoms with E-state index in [1.807, 2.05) is 0 Å². The Kier molecular flexibility index (Phi) is 4.61. The fourth-order valence-corrected chi connectivity index (χ4v) is 2.49. The third-order valence-electron chi connectivity index (χ3n) is 3.76. The van der Waals surface area contributed by atoms with Gasteiger partial charge < -0.3 is 10.2 Å². The van der Waals surface area contributed by atoms with Crippen LogP contribution in [0, 0.1) is 0 Å². The number of carboxylic acids is 1. The first-order chi connectivity index (χ1) is 12.0. The Morgan fingerprint density at radius 2 is 1.80 bits per heavy atom. The van der Waals surface area contributed by atoms with Crippen molar-refractivity contribution in [3.05, 3.63) is 70.3 Å². The fraction of sp³-hybridized carbons (Fsp3) is 0.105. The van der Waals surface area contributed by atoms with Crippen LogP contribution in [0.1, 0.15) is 17.8 Å². The Bertz CT molecular complexity index is 1000. The van der Waals surface area contributed by atoms with Gasteiger partial charge in [0.05, 0.1) is 17.3 Å². The largest absolute Gasteiger partial charge is 0.508 e. The minimum atomic E-state index is -0.978. The summed E-state index contributed by atoms with van der Waals surface area (Å²) in [5.41, 5.74) is 1.12. The second-order valence-electron chi connectivity index (χ2n) is 5.51. The van der Waals surface area contributed by atoms with Crippen molar-refractivity contribution < 1.29 is 15.0 Å². The Balaban J connectivity index is 2.07. The Morgan fingerprint density at radius 3 is 2.52 bits per heavy atom. The third kappa shape index (κ3) is 3.74. The number of nitrogens with zero attached hydrogens (tertiary/aromatic N) is 2. The first kappa shape index (κ1) is 16.4. The molecule has 126 valence electrons. The van der Waals surface area contributed by atoms with E-state index in [9.17, 15) is 14.7 Å². The molecule has 3 aromatic rings. The number of rotatable bonds is 5. The summed E-state index contributed by atoms with van der Waals surface area (Å²) in [4.78, 5) is 28.1. The zero-order valence-electron chi connectivity index (χ0n) is 13.3. The standard InChI is InChI=1S/C19H16N2O4/c22-14-8-5-13(6-9-14)7-10-17-20-16-4-2-1-3-15(16)19(25)21(17)12-11-18(23)24/h1-10,22H,11-12H2,(H,23,24). The highest BCUT2D eigenvalue weighted by Gasteiger charge is 2.10. The number of aromatic nitrogens is 2. The average molecular weight is 336 g/mol. The lowest BCUT2D eigenvalue weighted by molar-refractivity contribution is -0.137. The number of para-hydroxylation sites is 1. The smallest absolute Gasteiger partial charge is 0.305 e. The van der Waals surface area contributed by atoms with Gasteiger partial charge in [0.2, 0.25) is 0 Å². The maximum absolute atomic E-state index is 12.7. The molecule has 1 aromatic heterocycles. The molecule has 2 aromatic carbocycles. The molecule has 0 saturated heterocycles. The second kappa shape index (κ2) is 7.00. The summed E-state index contributed by atoms with van der Waals surface area (Å²) in [5, 5.41) is 18.7. The van der Waals surface area contributed by atoms with Crippen molar-refractivity contribution in [3.8, 4) is 5.75 Å². The Labute approximate surface area is 143 Å². The van der Waals surface area contributed by atoms with Crippen LogP contribution in [0.5, 0.6) is 5.75 Å². The molecule has 1 heterocycles.